The van der Waals surface area contributed by atoms with Crippen LogP contribution in [0.25, 0.3) is 22.0 Å². The van der Waals surface area contributed by atoms with Crippen LogP contribution in [0.2, 0.25) is 0 Å². The molecule has 0 aliphatic rings. The number of amides is 1. The molecule has 7 nitrogen and oxygen atoms in total. The van der Waals surface area contributed by atoms with E-state index in [1.165, 1.54) is 6.21 Å². The molecule has 8 heteroatoms. The number of nitrogens with zero attached hydrogens (tertiary/aromatic N) is 1. The molecule has 5 rings (SSSR count). The van der Waals surface area contributed by atoms with Gasteiger partial charge < -0.3 is 14.5 Å². The van der Waals surface area contributed by atoms with Crippen LogP contribution in [0.1, 0.15) is 38.9 Å². The number of fused-ring (bicyclic) bond motifs is 1. The molecule has 0 radical (unpaired) electrons. The summed E-state index contributed by atoms with van der Waals surface area (Å²) < 4.78 is 12.2. The fourth-order valence-electron chi connectivity index (χ4n) is 4.27. The van der Waals surface area contributed by atoms with Crippen molar-refractivity contribution < 1.29 is 19.1 Å². The number of H-pyrrole nitrogens is 1. The fourth-order valence-corrected chi connectivity index (χ4v) is 4.63. The number of ether oxygens (including phenoxy) is 2. The number of nitrogens with one attached hydrogen (secondary N) is 2. The Morgan fingerprint density at radius 1 is 0.950 bits per heavy atom. The van der Waals surface area contributed by atoms with Gasteiger partial charge in [0.05, 0.1) is 18.4 Å². The van der Waals surface area contributed by atoms with Crippen molar-refractivity contribution in [3.05, 3.63) is 118 Å². The lowest BCUT2D eigenvalue weighted by Gasteiger charge is -2.11. The molecule has 0 spiro atoms. The van der Waals surface area contributed by atoms with Gasteiger partial charge in [-0.15, -0.1) is 0 Å². The zero-order valence-electron chi connectivity index (χ0n) is 21.9. The number of aromatic nitrogens is 1. The Morgan fingerprint density at radius 2 is 1.73 bits per heavy atom. The maximum Gasteiger partial charge on any atom is 0.343 e. The van der Waals surface area contributed by atoms with Crippen molar-refractivity contribution in [1.82, 2.24) is 10.4 Å². The predicted molar refractivity (Wildman–Crippen MR) is 160 cm³/mol. The minimum absolute atomic E-state index is 0.297. The lowest BCUT2D eigenvalue weighted by molar-refractivity contribution is 0.0728. The van der Waals surface area contributed by atoms with Gasteiger partial charge >= 0.3 is 5.97 Å². The second-order valence-corrected chi connectivity index (χ2v) is 9.94. The SMILES string of the molecule is CCOc1cc(C=NNC(=O)c2[nH]c3ccc(Br)cc3c2-c2ccccc2)ccc1OC(=O)c1ccc(C)cc1. The number of hydrogen-bond acceptors (Lipinski definition) is 5. The largest absolute Gasteiger partial charge is 0.490 e. The first-order valence-electron chi connectivity index (χ1n) is 12.7. The number of carbonyl (C=O) groups is 2. The van der Waals surface area contributed by atoms with Crippen LogP contribution in [-0.2, 0) is 0 Å². The van der Waals surface area contributed by atoms with E-state index >= 15 is 0 Å². The van der Waals surface area contributed by atoms with E-state index in [1.54, 1.807) is 30.3 Å². The highest BCUT2D eigenvalue weighted by Gasteiger charge is 2.19. The quantitative estimate of drug-likeness (QED) is 0.0852. The minimum atomic E-state index is -0.478. The van der Waals surface area contributed by atoms with Gasteiger partial charge in [-0.3, -0.25) is 4.79 Å². The van der Waals surface area contributed by atoms with Crippen LogP contribution in [0.15, 0.2) is 101 Å². The Hall–Kier alpha value is -4.69. The smallest absolute Gasteiger partial charge is 0.343 e. The van der Waals surface area contributed by atoms with E-state index in [2.05, 4.69) is 31.4 Å². The van der Waals surface area contributed by atoms with Gasteiger partial charge in [0, 0.05) is 20.9 Å². The van der Waals surface area contributed by atoms with E-state index in [1.807, 2.05) is 74.5 Å². The van der Waals surface area contributed by atoms with E-state index in [9.17, 15) is 9.59 Å². The highest BCUT2D eigenvalue weighted by molar-refractivity contribution is 9.10. The summed E-state index contributed by atoms with van der Waals surface area (Å²) in [5.41, 5.74) is 7.73. The second kappa shape index (κ2) is 12.0. The lowest BCUT2D eigenvalue weighted by atomic mass is 10.0. The van der Waals surface area contributed by atoms with Gasteiger partial charge in [0.2, 0.25) is 0 Å². The number of rotatable bonds is 8. The summed E-state index contributed by atoms with van der Waals surface area (Å²) in [6.45, 7) is 4.17. The Morgan fingerprint density at radius 3 is 2.48 bits per heavy atom. The molecule has 0 unspecified atom stereocenters. The van der Waals surface area contributed by atoms with Crippen molar-refractivity contribution in [2.24, 2.45) is 5.10 Å². The monoisotopic (exact) mass is 595 g/mol. The van der Waals surface area contributed by atoms with Crippen molar-refractivity contribution in [3.63, 3.8) is 0 Å². The molecule has 0 atom stereocenters. The number of aromatic amines is 1. The Kier molecular flexibility index (Phi) is 8.07. The number of aryl methyl sites for hydroxylation is 1. The first-order chi connectivity index (χ1) is 19.4. The standard InChI is InChI=1S/C32H26BrN3O4/c1-3-39-28-17-21(11-16-27(28)40-32(38)23-12-9-20(2)10-13-23)19-34-36-31(37)30-29(22-7-5-4-6-8-22)25-18-24(33)14-15-26(25)35-30/h4-19,35H,3H2,1-2H3,(H,36,37). The van der Waals surface area contributed by atoms with Gasteiger partial charge in [0.1, 0.15) is 5.69 Å². The molecule has 0 bridgehead atoms. The molecule has 0 saturated carbocycles. The molecule has 40 heavy (non-hydrogen) atoms. The van der Waals surface area contributed by atoms with Gasteiger partial charge in [0.25, 0.3) is 5.91 Å². The third-order valence-electron chi connectivity index (χ3n) is 6.19. The molecule has 0 aliphatic heterocycles. The summed E-state index contributed by atoms with van der Waals surface area (Å²) >= 11 is 3.53. The van der Waals surface area contributed by atoms with Gasteiger partial charge in [-0.05, 0) is 73.5 Å². The normalized spacial score (nSPS) is 11.1. The average Bonchev–Trinajstić information content (AvgIpc) is 3.34. The van der Waals surface area contributed by atoms with Gasteiger partial charge in [-0.1, -0.05) is 64.0 Å². The van der Waals surface area contributed by atoms with E-state index in [4.69, 9.17) is 9.47 Å². The highest BCUT2D eigenvalue weighted by atomic mass is 79.9. The summed E-state index contributed by atoms with van der Waals surface area (Å²) in [7, 11) is 0. The van der Waals surface area contributed by atoms with E-state index in [0.717, 1.165) is 32.1 Å². The van der Waals surface area contributed by atoms with Crippen LogP contribution in [-0.4, -0.2) is 29.7 Å². The zero-order chi connectivity index (χ0) is 28.1. The molecule has 0 fully saturated rings. The molecule has 4 aromatic carbocycles. The van der Waals surface area contributed by atoms with Crippen molar-refractivity contribution >= 4 is 44.9 Å². The predicted octanol–water partition coefficient (Wildman–Crippen LogP) is 7.29. The minimum Gasteiger partial charge on any atom is -0.490 e. The second-order valence-electron chi connectivity index (χ2n) is 9.02. The number of hydrogen-bond donors (Lipinski definition) is 2. The highest BCUT2D eigenvalue weighted by Crippen LogP contribution is 2.34. The Labute approximate surface area is 240 Å². The fraction of sp³-hybridized carbons (Fsp3) is 0.0938. The van der Waals surface area contributed by atoms with Gasteiger partial charge in [-0.2, -0.15) is 5.10 Å². The van der Waals surface area contributed by atoms with Crippen LogP contribution in [0.5, 0.6) is 11.5 Å². The number of halogens is 1. The molecule has 200 valence electrons. The molecule has 1 amide bonds. The third kappa shape index (κ3) is 5.97. The maximum absolute atomic E-state index is 13.2. The molecule has 0 aliphatic carbocycles. The van der Waals surface area contributed by atoms with E-state index in [-0.39, 0.29) is 5.91 Å². The van der Waals surface area contributed by atoms with E-state index in [0.29, 0.717) is 34.9 Å². The summed E-state index contributed by atoms with van der Waals surface area (Å²) in [5.74, 6) is -0.165. The lowest BCUT2D eigenvalue weighted by Crippen LogP contribution is -2.18. The van der Waals surface area contributed by atoms with Gasteiger partial charge in [-0.25, -0.2) is 10.2 Å². The zero-order valence-corrected chi connectivity index (χ0v) is 23.5. The van der Waals surface area contributed by atoms with Crippen molar-refractivity contribution in [2.45, 2.75) is 13.8 Å². The molecular weight excluding hydrogens is 570 g/mol. The van der Waals surface area contributed by atoms with Crippen molar-refractivity contribution in [2.75, 3.05) is 6.61 Å². The van der Waals surface area contributed by atoms with Crippen LogP contribution >= 0.6 is 15.9 Å². The summed E-state index contributed by atoms with van der Waals surface area (Å²) in [6.07, 6.45) is 1.51. The van der Waals surface area contributed by atoms with Crippen LogP contribution in [0.4, 0.5) is 0 Å². The van der Waals surface area contributed by atoms with Crippen LogP contribution < -0.4 is 14.9 Å². The number of carbonyl (C=O) groups excluding carboxylic acids is 2. The molecule has 2 N–H and O–H groups in total. The van der Waals surface area contributed by atoms with Gasteiger partial charge in [0.15, 0.2) is 11.5 Å². The van der Waals surface area contributed by atoms with Crippen molar-refractivity contribution in [3.8, 4) is 22.6 Å². The maximum atomic E-state index is 13.2. The average molecular weight is 596 g/mol. The Bertz CT molecular complexity index is 1710. The Balaban J connectivity index is 1.35. The summed E-state index contributed by atoms with van der Waals surface area (Å²) in [4.78, 5) is 29.1. The van der Waals surface area contributed by atoms with Crippen molar-refractivity contribution in [1.29, 1.82) is 0 Å². The topological polar surface area (TPSA) is 92.8 Å². The number of benzene rings is 4. The number of esters is 1. The molecule has 1 aromatic heterocycles. The molecule has 0 saturated heterocycles. The van der Waals surface area contributed by atoms with Crippen LogP contribution in [0, 0.1) is 6.92 Å². The number of hydrazone groups is 1. The first-order valence-corrected chi connectivity index (χ1v) is 13.5. The molecular formula is C32H26BrN3O4. The van der Waals surface area contributed by atoms with E-state index < -0.39 is 5.97 Å². The molecule has 1 heterocycles. The first kappa shape index (κ1) is 26.9. The summed E-state index contributed by atoms with van der Waals surface area (Å²) in [5, 5.41) is 5.09. The van der Waals surface area contributed by atoms with Crippen LogP contribution in [0.3, 0.4) is 0 Å². The molecule has 5 aromatic rings. The third-order valence-corrected chi connectivity index (χ3v) is 6.68. The summed E-state index contributed by atoms with van der Waals surface area (Å²) in [6, 6.07) is 27.8.